The number of methoxy groups -OCH3 is 1. The fourth-order valence-electron chi connectivity index (χ4n) is 4.02. The van der Waals surface area contributed by atoms with Crippen LogP contribution >= 0.6 is 0 Å². The van der Waals surface area contributed by atoms with Gasteiger partial charge in [-0.05, 0) is 44.9 Å². The lowest BCUT2D eigenvalue weighted by Crippen LogP contribution is -2.46. The van der Waals surface area contributed by atoms with E-state index in [4.69, 9.17) is 19.0 Å². The van der Waals surface area contributed by atoms with Crippen LogP contribution in [0.1, 0.15) is 43.3 Å². The van der Waals surface area contributed by atoms with Gasteiger partial charge in [-0.1, -0.05) is 47.1 Å². The van der Waals surface area contributed by atoms with Crippen LogP contribution in [-0.2, 0) is 4.74 Å². The van der Waals surface area contributed by atoms with E-state index in [0.717, 1.165) is 34.4 Å². The molecule has 0 saturated carbocycles. The van der Waals surface area contributed by atoms with Crippen molar-refractivity contribution in [2.24, 2.45) is 0 Å². The number of hydrogen-bond acceptors (Lipinski definition) is 6. The predicted molar refractivity (Wildman–Crippen MR) is 129 cm³/mol. The van der Waals surface area contributed by atoms with E-state index < -0.39 is 6.04 Å². The third-order valence-electron chi connectivity index (χ3n) is 5.87. The summed E-state index contributed by atoms with van der Waals surface area (Å²) in [5.74, 6) is 1.54. The molecule has 178 valence electrons. The molecule has 1 unspecified atom stereocenters. The molecule has 4 rings (SSSR count). The molecule has 1 aliphatic rings. The summed E-state index contributed by atoms with van der Waals surface area (Å²) in [4.78, 5) is 19.5. The minimum atomic E-state index is -0.408. The Morgan fingerprint density at radius 3 is 2.68 bits per heavy atom. The molecule has 34 heavy (non-hydrogen) atoms. The maximum Gasteiger partial charge on any atom is 0.322 e. The van der Waals surface area contributed by atoms with E-state index >= 15 is 0 Å². The number of hydrogen-bond donors (Lipinski definition) is 1. The van der Waals surface area contributed by atoms with Gasteiger partial charge in [-0.3, -0.25) is 4.90 Å². The summed E-state index contributed by atoms with van der Waals surface area (Å²) in [6, 6.07) is 15.0. The van der Waals surface area contributed by atoms with Crippen LogP contribution in [0.15, 0.2) is 58.8 Å². The van der Waals surface area contributed by atoms with Gasteiger partial charge in [-0.15, -0.1) is 0 Å². The van der Waals surface area contributed by atoms with Crippen LogP contribution in [0.25, 0.3) is 17.0 Å². The summed E-state index contributed by atoms with van der Waals surface area (Å²) >= 11 is 0. The van der Waals surface area contributed by atoms with Crippen LogP contribution in [0.4, 0.5) is 4.79 Å². The summed E-state index contributed by atoms with van der Waals surface area (Å²) in [6.07, 6.45) is 0.722. The van der Waals surface area contributed by atoms with Crippen LogP contribution in [-0.4, -0.2) is 47.9 Å². The first-order valence-electron chi connectivity index (χ1n) is 11.4. The summed E-state index contributed by atoms with van der Waals surface area (Å²) in [5, 5.41) is 7.35. The number of rotatable bonds is 9. The second kappa shape index (κ2) is 10.5. The van der Waals surface area contributed by atoms with E-state index in [1.54, 1.807) is 12.0 Å². The molecular weight excluding hydrogens is 432 g/mol. The molecule has 1 N–H and O–H groups in total. The molecule has 0 radical (unpaired) electrons. The van der Waals surface area contributed by atoms with Crippen molar-refractivity contribution in [3.05, 3.63) is 71.2 Å². The molecule has 0 bridgehead atoms. The topological polar surface area (TPSA) is 89.7 Å². The molecule has 2 aromatic carbocycles. The van der Waals surface area contributed by atoms with Gasteiger partial charge in [-0.25, -0.2) is 4.79 Å². The van der Waals surface area contributed by atoms with Gasteiger partial charge >= 0.3 is 6.03 Å². The van der Waals surface area contributed by atoms with E-state index in [2.05, 4.69) is 10.5 Å². The Labute approximate surface area is 199 Å². The van der Waals surface area contributed by atoms with E-state index in [-0.39, 0.29) is 6.03 Å². The molecule has 8 heteroatoms. The fraction of sp³-hybridized carbons (Fsp3) is 0.346. The van der Waals surface area contributed by atoms with Gasteiger partial charge in [0.1, 0.15) is 5.75 Å². The number of nitrogens with one attached hydrogen (secondary N) is 1. The van der Waals surface area contributed by atoms with Crippen molar-refractivity contribution in [1.29, 1.82) is 0 Å². The van der Waals surface area contributed by atoms with Crippen molar-refractivity contribution >= 4 is 11.6 Å². The van der Waals surface area contributed by atoms with Gasteiger partial charge < -0.3 is 19.3 Å². The van der Waals surface area contributed by atoms with Crippen molar-refractivity contribution in [3.8, 4) is 17.1 Å². The zero-order valence-corrected chi connectivity index (χ0v) is 20.0. The van der Waals surface area contributed by atoms with Crippen LogP contribution in [0.2, 0.25) is 0 Å². The molecule has 0 saturated heterocycles. The highest BCUT2D eigenvalue weighted by Crippen LogP contribution is 2.37. The summed E-state index contributed by atoms with van der Waals surface area (Å²) in [6.45, 7) is 7.67. The third kappa shape index (κ3) is 4.97. The SMILES string of the molecule is CCOCCCN1C(=O)NC(c2ccc(C)cc2)C(c2nc(-c3cccc(OC)c3)no2)=C1C. The van der Waals surface area contributed by atoms with Gasteiger partial charge in [0.05, 0.1) is 18.7 Å². The number of aryl methyl sites for hydroxylation is 1. The Hall–Kier alpha value is -3.65. The second-order valence-electron chi connectivity index (χ2n) is 8.15. The van der Waals surface area contributed by atoms with Crippen LogP contribution in [0.5, 0.6) is 5.75 Å². The Kier molecular flexibility index (Phi) is 7.27. The minimum Gasteiger partial charge on any atom is -0.497 e. The first kappa shape index (κ1) is 23.5. The standard InChI is InChI=1S/C26H30N4O4/c1-5-33-15-7-14-30-18(3)22(23(27-26(30)31)19-12-10-17(2)11-13-19)25-28-24(29-34-25)20-8-6-9-21(16-20)32-4/h6,8-13,16,23H,5,7,14-15H2,1-4H3,(H,27,31). The van der Waals surface area contributed by atoms with Crippen LogP contribution in [0, 0.1) is 6.92 Å². The number of amides is 2. The largest absolute Gasteiger partial charge is 0.497 e. The monoisotopic (exact) mass is 462 g/mol. The van der Waals surface area contributed by atoms with Crippen molar-refractivity contribution in [1.82, 2.24) is 20.4 Å². The average Bonchev–Trinajstić information content (AvgIpc) is 3.33. The van der Waals surface area contributed by atoms with E-state index in [1.165, 1.54) is 0 Å². The number of urea groups is 1. The Balaban J connectivity index is 1.73. The summed E-state index contributed by atoms with van der Waals surface area (Å²) in [5.41, 5.74) is 4.44. The molecule has 1 aromatic heterocycles. The molecule has 0 aliphatic carbocycles. The number of carbonyl (C=O) groups is 1. The van der Waals surface area contributed by atoms with Gasteiger partial charge in [0.25, 0.3) is 5.89 Å². The van der Waals surface area contributed by atoms with Crippen molar-refractivity contribution in [3.63, 3.8) is 0 Å². The third-order valence-corrected chi connectivity index (χ3v) is 5.87. The fourth-order valence-corrected chi connectivity index (χ4v) is 4.02. The number of ether oxygens (including phenoxy) is 2. The number of nitrogens with zero attached hydrogens (tertiary/aromatic N) is 3. The van der Waals surface area contributed by atoms with E-state index in [0.29, 0.717) is 37.2 Å². The molecule has 8 nitrogen and oxygen atoms in total. The minimum absolute atomic E-state index is 0.157. The van der Waals surface area contributed by atoms with Crippen molar-refractivity contribution < 1.29 is 18.8 Å². The molecular formula is C26H30N4O4. The summed E-state index contributed by atoms with van der Waals surface area (Å²) < 4.78 is 16.5. The lowest BCUT2D eigenvalue weighted by molar-refractivity contribution is 0.136. The average molecular weight is 463 g/mol. The van der Waals surface area contributed by atoms with Crippen molar-refractivity contribution in [2.75, 3.05) is 26.9 Å². The first-order valence-corrected chi connectivity index (χ1v) is 11.4. The Morgan fingerprint density at radius 2 is 1.94 bits per heavy atom. The predicted octanol–water partition coefficient (Wildman–Crippen LogP) is 4.98. The lowest BCUT2D eigenvalue weighted by Gasteiger charge is -2.35. The van der Waals surface area contributed by atoms with E-state index in [9.17, 15) is 4.79 Å². The van der Waals surface area contributed by atoms with Gasteiger partial charge in [0.2, 0.25) is 5.82 Å². The van der Waals surface area contributed by atoms with Gasteiger partial charge in [0, 0.05) is 31.0 Å². The molecule has 0 spiro atoms. The number of carbonyl (C=O) groups excluding carboxylic acids is 1. The number of benzene rings is 2. The molecule has 1 atom stereocenters. The van der Waals surface area contributed by atoms with Gasteiger partial charge in [0.15, 0.2) is 0 Å². The number of allylic oxidation sites excluding steroid dienone is 1. The maximum absolute atomic E-state index is 13.1. The first-order chi connectivity index (χ1) is 16.5. The number of aromatic nitrogens is 2. The Bertz CT molecular complexity index is 1170. The van der Waals surface area contributed by atoms with Crippen LogP contribution < -0.4 is 10.1 Å². The Morgan fingerprint density at radius 1 is 1.15 bits per heavy atom. The lowest BCUT2D eigenvalue weighted by atomic mass is 9.94. The highest BCUT2D eigenvalue weighted by molar-refractivity contribution is 5.86. The zero-order chi connectivity index (χ0) is 24.1. The van der Waals surface area contributed by atoms with E-state index in [1.807, 2.05) is 69.3 Å². The van der Waals surface area contributed by atoms with Gasteiger partial charge in [-0.2, -0.15) is 4.98 Å². The second-order valence-corrected chi connectivity index (χ2v) is 8.15. The quantitative estimate of drug-likeness (QED) is 0.451. The molecule has 2 amide bonds. The molecule has 1 aliphatic heterocycles. The highest BCUT2D eigenvalue weighted by Gasteiger charge is 2.35. The zero-order valence-electron chi connectivity index (χ0n) is 20.0. The molecule has 3 aromatic rings. The molecule has 2 heterocycles. The summed E-state index contributed by atoms with van der Waals surface area (Å²) in [7, 11) is 1.62. The molecule has 0 fully saturated rings. The highest BCUT2D eigenvalue weighted by atomic mass is 16.5. The maximum atomic E-state index is 13.1. The normalized spacial score (nSPS) is 16.1. The van der Waals surface area contributed by atoms with Crippen molar-refractivity contribution in [2.45, 2.75) is 33.2 Å². The smallest absolute Gasteiger partial charge is 0.322 e. The van der Waals surface area contributed by atoms with Crippen LogP contribution in [0.3, 0.4) is 0 Å².